The molecule has 1 heterocycles. The Morgan fingerprint density at radius 3 is 2.33 bits per heavy atom. The molecule has 9 heteroatoms. The summed E-state index contributed by atoms with van der Waals surface area (Å²) in [7, 11) is -3.35. The topological polar surface area (TPSA) is 108 Å². The second-order valence-electron chi connectivity index (χ2n) is 7.35. The summed E-state index contributed by atoms with van der Waals surface area (Å²) >= 11 is 0. The SMILES string of the molecule is CS(=O)(=O)Nc1cccc(CNC(=O)N2CCC(C(=O)Nc3ccccc3)CC2)c1. The fourth-order valence-corrected chi connectivity index (χ4v) is 3.91. The maximum Gasteiger partial charge on any atom is 0.317 e. The third-order valence-electron chi connectivity index (χ3n) is 4.87. The molecule has 0 atom stereocenters. The monoisotopic (exact) mass is 430 g/mol. The van der Waals surface area contributed by atoms with Gasteiger partial charge in [0.25, 0.3) is 0 Å². The van der Waals surface area contributed by atoms with Crippen molar-refractivity contribution in [2.45, 2.75) is 19.4 Å². The van der Waals surface area contributed by atoms with E-state index >= 15 is 0 Å². The van der Waals surface area contributed by atoms with E-state index < -0.39 is 10.0 Å². The van der Waals surface area contributed by atoms with Gasteiger partial charge in [-0.1, -0.05) is 30.3 Å². The fraction of sp³-hybridized carbons (Fsp3) is 0.333. The summed E-state index contributed by atoms with van der Waals surface area (Å²) in [5.41, 5.74) is 2.01. The molecule has 1 fully saturated rings. The van der Waals surface area contributed by atoms with Crippen molar-refractivity contribution < 1.29 is 18.0 Å². The van der Waals surface area contributed by atoms with Gasteiger partial charge in [0.1, 0.15) is 0 Å². The van der Waals surface area contributed by atoms with E-state index in [9.17, 15) is 18.0 Å². The number of para-hydroxylation sites is 1. The minimum absolute atomic E-state index is 0.0172. The first-order valence-corrected chi connectivity index (χ1v) is 11.6. The number of sulfonamides is 1. The first kappa shape index (κ1) is 21.6. The Morgan fingerprint density at radius 1 is 1.00 bits per heavy atom. The largest absolute Gasteiger partial charge is 0.334 e. The highest BCUT2D eigenvalue weighted by Gasteiger charge is 2.27. The Hall–Kier alpha value is -3.07. The quantitative estimate of drug-likeness (QED) is 0.655. The van der Waals surface area contributed by atoms with Crippen LogP contribution in [0.5, 0.6) is 0 Å². The number of amides is 3. The molecule has 1 aliphatic rings. The van der Waals surface area contributed by atoms with Gasteiger partial charge >= 0.3 is 6.03 Å². The lowest BCUT2D eigenvalue weighted by Gasteiger charge is -2.31. The molecule has 8 nitrogen and oxygen atoms in total. The number of carbonyl (C=O) groups is 2. The number of nitrogens with zero attached hydrogens (tertiary/aromatic N) is 1. The lowest BCUT2D eigenvalue weighted by atomic mass is 9.96. The number of likely N-dealkylation sites (tertiary alicyclic amines) is 1. The van der Waals surface area contributed by atoms with Crippen LogP contribution in [0.25, 0.3) is 0 Å². The lowest BCUT2D eigenvalue weighted by molar-refractivity contribution is -0.121. The van der Waals surface area contributed by atoms with Crippen LogP contribution in [0.1, 0.15) is 18.4 Å². The lowest BCUT2D eigenvalue weighted by Crippen LogP contribution is -2.45. The van der Waals surface area contributed by atoms with Crippen LogP contribution in [-0.2, 0) is 21.4 Å². The smallest absolute Gasteiger partial charge is 0.317 e. The summed E-state index contributed by atoms with van der Waals surface area (Å²) in [6, 6.07) is 16.0. The highest BCUT2D eigenvalue weighted by Crippen LogP contribution is 2.20. The molecule has 1 aliphatic heterocycles. The molecule has 0 radical (unpaired) electrons. The van der Waals surface area contributed by atoms with Crippen molar-refractivity contribution in [3.8, 4) is 0 Å². The third-order valence-corrected chi connectivity index (χ3v) is 5.47. The average Bonchev–Trinajstić information content (AvgIpc) is 2.72. The molecule has 0 aromatic heterocycles. The molecule has 3 N–H and O–H groups in total. The zero-order chi connectivity index (χ0) is 21.6. The van der Waals surface area contributed by atoms with Gasteiger partial charge in [0.2, 0.25) is 15.9 Å². The molecule has 1 saturated heterocycles. The van der Waals surface area contributed by atoms with Crippen LogP contribution in [0.4, 0.5) is 16.2 Å². The van der Waals surface area contributed by atoms with E-state index in [2.05, 4.69) is 15.4 Å². The first-order chi connectivity index (χ1) is 14.3. The van der Waals surface area contributed by atoms with Crippen LogP contribution in [0.2, 0.25) is 0 Å². The van der Waals surface area contributed by atoms with Gasteiger partial charge in [0.15, 0.2) is 0 Å². The van der Waals surface area contributed by atoms with Crippen molar-refractivity contribution in [3.63, 3.8) is 0 Å². The van der Waals surface area contributed by atoms with E-state index in [0.717, 1.165) is 17.5 Å². The van der Waals surface area contributed by atoms with Gasteiger partial charge in [0, 0.05) is 36.9 Å². The van der Waals surface area contributed by atoms with Crippen molar-refractivity contribution in [2.24, 2.45) is 5.92 Å². The highest BCUT2D eigenvalue weighted by molar-refractivity contribution is 7.92. The highest BCUT2D eigenvalue weighted by atomic mass is 32.2. The fourth-order valence-electron chi connectivity index (χ4n) is 3.36. The standard InChI is InChI=1S/C21H26N4O4S/c1-30(28,29)24-19-9-5-6-16(14-19)15-22-21(27)25-12-10-17(11-13-25)20(26)23-18-7-3-2-4-8-18/h2-9,14,17,24H,10-13,15H2,1H3,(H,22,27)(H,23,26). The molecule has 0 aliphatic carbocycles. The molecule has 0 unspecified atom stereocenters. The van der Waals surface area contributed by atoms with E-state index in [-0.39, 0.29) is 24.4 Å². The normalized spacial score (nSPS) is 14.8. The number of piperidine rings is 1. The van der Waals surface area contributed by atoms with Gasteiger partial charge in [-0.2, -0.15) is 0 Å². The second-order valence-corrected chi connectivity index (χ2v) is 9.10. The number of anilines is 2. The summed E-state index contributed by atoms with van der Waals surface area (Å²) in [4.78, 5) is 26.6. The molecular weight excluding hydrogens is 404 g/mol. The molecule has 0 saturated carbocycles. The van der Waals surface area contributed by atoms with Crippen molar-refractivity contribution in [2.75, 3.05) is 29.4 Å². The van der Waals surface area contributed by atoms with Crippen LogP contribution in [0, 0.1) is 5.92 Å². The maximum atomic E-state index is 12.5. The van der Waals surface area contributed by atoms with Crippen LogP contribution in [-0.4, -0.2) is 44.6 Å². The molecule has 160 valence electrons. The Bertz CT molecular complexity index is 987. The molecule has 30 heavy (non-hydrogen) atoms. The van der Waals surface area contributed by atoms with Crippen LogP contribution in [0.15, 0.2) is 54.6 Å². The van der Waals surface area contributed by atoms with E-state index in [4.69, 9.17) is 0 Å². The number of nitrogens with one attached hydrogen (secondary N) is 3. The Kier molecular flexibility index (Phi) is 6.94. The van der Waals surface area contributed by atoms with Gasteiger partial charge in [0.05, 0.1) is 6.26 Å². The van der Waals surface area contributed by atoms with Crippen molar-refractivity contribution in [1.29, 1.82) is 0 Å². The van der Waals surface area contributed by atoms with Gasteiger partial charge in [-0.25, -0.2) is 13.2 Å². The predicted molar refractivity (Wildman–Crippen MR) is 117 cm³/mol. The second kappa shape index (κ2) is 9.62. The van der Waals surface area contributed by atoms with E-state index in [0.29, 0.717) is 31.6 Å². The number of carbonyl (C=O) groups excluding carboxylic acids is 2. The van der Waals surface area contributed by atoms with Crippen LogP contribution < -0.4 is 15.4 Å². The van der Waals surface area contributed by atoms with E-state index in [1.807, 2.05) is 36.4 Å². The summed E-state index contributed by atoms with van der Waals surface area (Å²) in [6.07, 6.45) is 2.31. The van der Waals surface area contributed by atoms with Crippen molar-refractivity contribution in [3.05, 3.63) is 60.2 Å². The van der Waals surface area contributed by atoms with Gasteiger partial charge < -0.3 is 15.5 Å². The first-order valence-electron chi connectivity index (χ1n) is 9.75. The number of hydrogen-bond acceptors (Lipinski definition) is 4. The van der Waals surface area contributed by atoms with Crippen LogP contribution in [0.3, 0.4) is 0 Å². The van der Waals surface area contributed by atoms with Crippen molar-refractivity contribution in [1.82, 2.24) is 10.2 Å². The van der Waals surface area contributed by atoms with E-state index in [1.54, 1.807) is 23.1 Å². The van der Waals surface area contributed by atoms with Crippen LogP contribution >= 0.6 is 0 Å². The molecule has 3 amide bonds. The number of hydrogen-bond donors (Lipinski definition) is 3. The molecule has 2 aromatic carbocycles. The Balaban J connectivity index is 1.45. The zero-order valence-electron chi connectivity index (χ0n) is 16.8. The molecule has 3 rings (SSSR count). The minimum Gasteiger partial charge on any atom is -0.334 e. The van der Waals surface area contributed by atoms with Gasteiger partial charge in [-0.15, -0.1) is 0 Å². The molecule has 2 aromatic rings. The summed E-state index contributed by atoms with van der Waals surface area (Å²) in [5.74, 6) is -0.135. The summed E-state index contributed by atoms with van der Waals surface area (Å²) < 4.78 is 25.1. The minimum atomic E-state index is -3.35. The Morgan fingerprint density at radius 2 is 1.67 bits per heavy atom. The molecule has 0 bridgehead atoms. The number of urea groups is 1. The predicted octanol–water partition coefficient (Wildman–Crippen LogP) is 2.62. The average molecular weight is 431 g/mol. The summed E-state index contributed by atoms with van der Waals surface area (Å²) in [6.45, 7) is 1.30. The number of rotatable bonds is 6. The van der Waals surface area contributed by atoms with Gasteiger partial charge in [-0.3, -0.25) is 9.52 Å². The third kappa shape index (κ3) is 6.48. The van der Waals surface area contributed by atoms with E-state index in [1.165, 1.54) is 0 Å². The van der Waals surface area contributed by atoms with Gasteiger partial charge in [-0.05, 0) is 42.7 Å². The maximum absolute atomic E-state index is 12.5. The van der Waals surface area contributed by atoms with Crippen molar-refractivity contribution >= 4 is 33.3 Å². The number of benzene rings is 2. The Labute approximate surface area is 176 Å². The zero-order valence-corrected chi connectivity index (χ0v) is 17.6. The molecular formula is C21H26N4O4S. The molecule has 0 spiro atoms. The summed E-state index contributed by atoms with van der Waals surface area (Å²) in [5, 5.41) is 5.77.